The van der Waals surface area contributed by atoms with Crippen molar-refractivity contribution in [2.45, 2.75) is 31.8 Å². The van der Waals surface area contributed by atoms with E-state index in [0.29, 0.717) is 11.6 Å². The van der Waals surface area contributed by atoms with E-state index in [2.05, 4.69) is 15.5 Å². The number of amides is 1. The Labute approximate surface area is 198 Å². The smallest absolute Gasteiger partial charge is 0.224 e. The van der Waals surface area contributed by atoms with E-state index in [9.17, 15) is 4.79 Å². The molecule has 0 atom stereocenters. The van der Waals surface area contributed by atoms with Crippen molar-refractivity contribution in [3.8, 4) is 22.5 Å². The number of benzene rings is 3. The second kappa shape index (κ2) is 10.9. The number of nitrogens with one attached hydrogen (secondary N) is 1. The number of rotatable bonds is 8. The first-order chi connectivity index (χ1) is 16.1. The summed E-state index contributed by atoms with van der Waals surface area (Å²) < 4.78 is 0. The molecular formula is C27H26N4OS. The van der Waals surface area contributed by atoms with Gasteiger partial charge in [0, 0.05) is 29.0 Å². The van der Waals surface area contributed by atoms with Crippen LogP contribution >= 0.6 is 11.8 Å². The average Bonchev–Trinajstić information content (AvgIpc) is 2.85. The summed E-state index contributed by atoms with van der Waals surface area (Å²) in [7, 11) is 0. The van der Waals surface area contributed by atoms with Crippen LogP contribution in [0.4, 0.5) is 5.69 Å². The molecule has 0 saturated heterocycles. The van der Waals surface area contributed by atoms with Crippen molar-refractivity contribution < 1.29 is 4.79 Å². The van der Waals surface area contributed by atoms with Crippen molar-refractivity contribution >= 4 is 23.4 Å². The van der Waals surface area contributed by atoms with Gasteiger partial charge in [-0.3, -0.25) is 4.79 Å². The highest BCUT2D eigenvalue weighted by Crippen LogP contribution is 2.29. The highest BCUT2D eigenvalue weighted by Gasteiger charge is 2.14. The van der Waals surface area contributed by atoms with Crippen LogP contribution in [0.3, 0.4) is 0 Å². The fraction of sp³-hybridized carbons (Fsp3) is 0.185. The average molecular weight is 455 g/mol. The number of aryl methyl sites for hydroxylation is 2. The summed E-state index contributed by atoms with van der Waals surface area (Å²) in [5, 5.41) is 12.5. The van der Waals surface area contributed by atoms with E-state index in [0.717, 1.165) is 51.5 Å². The Hall–Kier alpha value is -3.51. The van der Waals surface area contributed by atoms with Gasteiger partial charge in [-0.15, -0.1) is 10.2 Å². The fourth-order valence-corrected chi connectivity index (χ4v) is 4.30. The normalized spacial score (nSPS) is 10.7. The predicted molar refractivity (Wildman–Crippen MR) is 135 cm³/mol. The van der Waals surface area contributed by atoms with Crippen molar-refractivity contribution in [3.05, 3.63) is 90.0 Å². The molecule has 3 aromatic carbocycles. The number of nitrogens with zero attached hydrogens (tertiary/aromatic N) is 3. The Morgan fingerprint density at radius 2 is 1.39 bits per heavy atom. The Morgan fingerprint density at radius 3 is 2.03 bits per heavy atom. The minimum absolute atomic E-state index is 0.0245. The van der Waals surface area contributed by atoms with E-state index in [1.165, 1.54) is 11.8 Å². The maximum Gasteiger partial charge on any atom is 0.224 e. The van der Waals surface area contributed by atoms with Crippen LogP contribution in [-0.2, 0) is 4.79 Å². The lowest BCUT2D eigenvalue weighted by atomic mass is 10.0. The van der Waals surface area contributed by atoms with Crippen LogP contribution in [0.5, 0.6) is 0 Å². The lowest BCUT2D eigenvalue weighted by molar-refractivity contribution is -0.116. The Morgan fingerprint density at radius 1 is 0.788 bits per heavy atom. The molecule has 0 aliphatic carbocycles. The van der Waals surface area contributed by atoms with E-state index in [1.807, 2.05) is 92.7 Å². The highest BCUT2D eigenvalue weighted by molar-refractivity contribution is 7.99. The second-order valence-electron chi connectivity index (χ2n) is 7.79. The fourth-order valence-electron chi connectivity index (χ4n) is 3.57. The maximum atomic E-state index is 12.4. The zero-order valence-electron chi connectivity index (χ0n) is 18.8. The molecule has 0 fully saturated rings. The van der Waals surface area contributed by atoms with Gasteiger partial charge in [-0.05, 0) is 31.4 Å². The number of hydrogen-bond donors (Lipinski definition) is 1. The summed E-state index contributed by atoms with van der Waals surface area (Å²) in [4.78, 5) is 17.2. The first-order valence-corrected chi connectivity index (χ1v) is 11.9. The first kappa shape index (κ1) is 22.7. The van der Waals surface area contributed by atoms with Crippen LogP contribution in [0.1, 0.15) is 24.0 Å². The summed E-state index contributed by atoms with van der Waals surface area (Å²) in [6, 6.07) is 26.0. The molecule has 166 valence electrons. The van der Waals surface area contributed by atoms with Gasteiger partial charge >= 0.3 is 0 Å². The van der Waals surface area contributed by atoms with Crippen LogP contribution in [0.25, 0.3) is 22.5 Å². The Balaban J connectivity index is 1.41. The molecule has 1 aromatic heterocycles. The van der Waals surface area contributed by atoms with Crippen LogP contribution in [0.2, 0.25) is 0 Å². The van der Waals surface area contributed by atoms with Crippen LogP contribution in [-0.4, -0.2) is 26.8 Å². The Kier molecular flexibility index (Phi) is 7.47. The third kappa shape index (κ3) is 5.84. The van der Waals surface area contributed by atoms with E-state index in [-0.39, 0.29) is 5.91 Å². The number of anilines is 1. The van der Waals surface area contributed by atoms with Gasteiger partial charge in [0.2, 0.25) is 11.1 Å². The Bertz CT molecular complexity index is 1210. The molecule has 6 heteroatoms. The molecular weight excluding hydrogens is 428 g/mol. The van der Waals surface area contributed by atoms with Crippen LogP contribution in [0, 0.1) is 13.8 Å². The summed E-state index contributed by atoms with van der Waals surface area (Å²) in [5.41, 5.74) is 6.61. The number of thioether (sulfide) groups is 1. The van der Waals surface area contributed by atoms with E-state index in [1.54, 1.807) is 0 Å². The molecule has 0 unspecified atom stereocenters. The molecule has 1 N–H and O–H groups in total. The van der Waals surface area contributed by atoms with Gasteiger partial charge in [-0.1, -0.05) is 90.6 Å². The van der Waals surface area contributed by atoms with Gasteiger partial charge in [0.05, 0.1) is 0 Å². The SMILES string of the molecule is Cc1cccc(C)c1NC(=O)CCCSc1nnc(-c2ccccc2)c(-c2ccccc2)n1. The first-order valence-electron chi connectivity index (χ1n) is 11.0. The van der Waals surface area contributed by atoms with E-state index < -0.39 is 0 Å². The van der Waals surface area contributed by atoms with Crippen molar-refractivity contribution in [3.63, 3.8) is 0 Å². The molecule has 1 amide bonds. The summed E-state index contributed by atoms with van der Waals surface area (Å²) in [5.74, 6) is 0.761. The molecule has 0 saturated carbocycles. The van der Waals surface area contributed by atoms with Crippen LogP contribution in [0.15, 0.2) is 84.0 Å². The van der Waals surface area contributed by atoms with Crippen molar-refractivity contribution in [2.75, 3.05) is 11.1 Å². The number of carbonyl (C=O) groups excluding carboxylic acids is 1. The maximum absolute atomic E-state index is 12.4. The third-order valence-corrected chi connectivity index (χ3v) is 6.21. The molecule has 0 aliphatic rings. The minimum atomic E-state index is 0.0245. The topological polar surface area (TPSA) is 67.8 Å². The molecule has 0 radical (unpaired) electrons. The van der Waals surface area contributed by atoms with Gasteiger partial charge in [0.25, 0.3) is 0 Å². The lowest BCUT2D eigenvalue weighted by Crippen LogP contribution is -2.13. The largest absolute Gasteiger partial charge is 0.326 e. The van der Waals surface area contributed by atoms with Crippen molar-refractivity contribution in [2.24, 2.45) is 0 Å². The zero-order valence-corrected chi connectivity index (χ0v) is 19.6. The van der Waals surface area contributed by atoms with Gasteiger partial charge < -0.3 is 5.32 Å². The molecule has 33 heavy (non-hydrogen) atoms. The summed E-state index contributed by atoms with van der Waals surface area (Å²) >= 11 is 1.52. The highest BCUT2D eigenvalue weighted by atomic mass is 32.2. The molecule has 0 bridgehead atoms. The monoisotopic (exact) mass is 454 g/mol. The van der Waals surface area contributed by atoms with E-state index >= 15 is 0 Å². The van der Waals surface area contributed by atoms with Gasteiger partial charge in [-0.25, -0.2) is 4.98 Å². The second-order valence-corrected chi connectivity index (χ2v) is 8.85. The number of carbonyl (C=O) groups is 1. The number of hydrogen-bond acceptors (Lipinski definition) is 5. The molecule has 5 nitrogen and oxygen atoms in total. The molecule has 1 heterocycles. The van der Waals surface area contributed by atoms with Gasteiger partial charge in [-0.2, -0.15) is 0 Å². The molecule has 0 spiro atoms. The molecule has 4 aromatic rings. The number of para-hydroxylation sites is 1. The summed E-state index contributed by atoms with van der Waals surface area (Å²) in [6.45, 7) is 4.01. The van der Waals surface area contributed by atoms with Crippen LogP contribution < -0.4 is 5.32 Å². The van der Waals surface area contributed by atoms with Crippen molar-refractivity contribution in [1.82, 2.24) is 15.2 Å². The minimum Gasteiger partial charge on any atom is -0.326 e. The zero-order chi connectivity index (χ0) is 23.0. The predicted octanol–water partition coefficient (Wildman–Crippen LogP) is 6.33. The van der Waals surface area contributed by atoms with Gasteiger partial charge in [0.15, 0.2) is 0 Å². The molecule has 0 aliphatic heterocycles. The lowest BCUT2D eigenvalue weighted by Gasteiger charge is -2.11. The number of aromatic nitrogens is 3. The van der Waals surface area contributed by atoms with Crippen molar-refractivity contribution in [1.29, 1.82) is 0 Å². The molecule has 4 rings (SSSR count). The standard InChI is InChI=1S/C27H26N4OS/c1-19-11-9-12-20(2)24(19)28-23(32)17-10-18-33-27-29-25(21-13-5-3-6-14-21)26(30-31-27)22-15-7-4-8-16-22/h3-9,11-16H,10,17-18H2,1-2H3,(H,28,32). The third-order valence-electron chi connectivity index (χ3n) is 5.29. The van der Waals surface area contributed by atoms with E-state index in [4.69, 9.17) is 4.98 Å². The summed E-state index contributed by atoms with van der Waals surface area (Å²) in [6.07, 6.45) is 1.17. The van der Waals surface area contributed by atoms with Gasteiger partial charge in [0.1, 0.15) is 11.4 Å². The quantitative estimate of drug-likeness (QED) is 0.249.